The number of carboxylic acids is 1. The number of hydrogen-bond acceptors (Lipinski definition) is 4. The lowest BCUT2D eigenvalue weighted by atomic mass is 10.1. The summed E-state index contributed by atoms with van der Waals surface area (Å²) in [6.45, 7) is 1.96. The van der Waals surface area contributed by atoms with Gasteiger partial charge < -0.3 is 15.3 Å². The fourth-order valence-electron chi connectivity index (χ4n) is 2.68. The molecule has 0 saturated carbocycles. The normalized spacial score (nSPS) is 19.9. The lowest BCUT2D eigenvalue weighted by Gasteiger charge is -2.26. The highest BCUT2D eigenvalue weighted by atomic mass is 32.1. The molecule has 7 heteroatoms. The van der Waals surface area contributed by atoms with Crippen molar-refractivity contribution in [3.8, 4) is 0 Å². The molecular weight excluding hydrogens is 316 g/mol. The highest BCUT2D eigenvalue weighted by Crippen LogP contribution is 2.21. The van der Waals surface area contributed by atoms with Crippen LogP contribution in [0.1, 0.15) is 30.6 Å². The van der Waals surface area contributed by atoms with Gasteiger partial charge in [0.1, 0.15) is 17.3 Å². The molecule has 0 aliphatic carbocycles. The van der Waals surface area contributed by atoms with E-state index in [4.69, 9.17) is 5.11 Å². The number of thiol groups is 1. The van der Waals surface area contributed by atoms with E-state index in [1.165, 1.54) is 4.90 Å². The number of benzene rings is 1. The first kappa shape index (κ1) is 17.3. The number of hydrogen-bond donors (Lipinski definition) is 3. The number of rotatable bonds is 5. The van der Waals surface area contributed by atoms with E-state index in [0.29, 0.717) is 19.4 Å². The van der Waals surface area contributed by atoms with Gasteiger partial charge >= 0.3 is 5.97 Å². The Morgan fingerprint density at radius 3 is 2.57 bits per heavy atom. The zero-order valence-corrected chi connectivity index (χ0v) is 13.7. The van der Waals surface area contributed by atoms with Crippen LogP contribution in [-0.4, -0.2) is 46.4 Å². The summed E-state index contributed by atoms with van der Waals surface area (Å²) in [5.74, 6) is -1.77. The zero-order chi connectivity index (χ0) is 17.0. The van der Waals surface area contributed by atoms with Crippen LogP contribution in [0.25, 0.3) is 0 Å². The number of amides is 2. The molecule has 1 aliphatic rings. The predicted molar refractivity (Wildman–Crippen MR) is 88.1 cm³/mol. The molecule has 1 heterocycles. The smallest absolute Gasteiger partial charge is 0.326 e. The van der Waals surface area contributed by atoms with Crippen molar-refractivity contribution >= 4 is 30.4 Å². The monoisotopic (exact) mass is 336 g/mol. The molecule has 2 N–H and O–H groups in total. The van der Waals surface area contributed by atoms with E-state index >= 15 is 0 Å². The summed E-state index contributed by atoms with van der Waals surface area (Å²) in [7, 11) is 0. The first-order valence-corrected chi connectivity index (χ1v) is 8.00. The van der Waals surface area contributed by atoms with E-state index in [2.05, 4.69) is 17.9 Å². The topological polar surface area (TPSA) is 86.7 Å². The maximum atomic E-state index is 12.4. The highest BCUT2D eigenvalue weighted by molar-refractivity contribution is 7.81. The van der Waals surface area contributed by atoms with Gasteiger partial charge in [-0.15, -0.1) is 0 Å². The Morgan fingerprint density at radius 2 is 1.96 bits per heavy atom. The fourth-order valence-corrected chi connectivity index (χ4v) is 2.92. The van der Waals surface area contributed by atoms with Gasteiger partial charge in [0, 0.05) is 6.54 Å². The predicted octanol–water partition coefficient (Wildman–Crippen LogP) is 1.24. The van der Waals surface area contributed by atoms with Gasteiger partial charge in [-0.2, -0.15) is 12.6 Å². The molecule has 0 radical (unpaired) electrons. The van der Waals surface area contributed by atoms with Crippen molar-refractivity contribution in [1.82, 2.24) is 10.2 Å². The molecule has 1 aromatic rings. The molecule has 1 unspecified atom stereocenters. The Bertz CT molecular complexity index is 593. The number of likely N-dealkylation sites (tertiary alicyclic amines) is 1. The third-order valence-corrected chi connectivity index (χ3v) is 4.45. The Labute approximate surface area is 140 Å². The van der Waals surface area contributed by atoms with Crippen LogP contribution in [0.3, 0.4) is 0 Å². The number of carbonyl (C=O) groups is 3. The molecule has 0 bridgehead atoms. The van der Waals surface area contributed by atoms with E-state index in [0.717, 1.165) is 5.56 Å². The summed E-state index contributed by atoms with van der Waals surface area (Å²) in [6.07, 6.45) is 1.10. The number of aliphatic carboxylic acids is 1. The third kappa shape index (κ3) is 4.04. The molecule has 0 spiro atoms. The van der Waals surface area contributed by atoms with Gasteiger partial charge in [-0.1, -0.05) is 30.3 Å². The minimum Gasteiger partial charge on any atom is -0.480 e. The van der Waals surface area contributed by atoms with Crippen molar-refractivity contribution in [3.05, 3.63) is 35.9 Å². The average Bonchev–Trinajstić information content (AvgIpc) is 3.03. The molecule has 124 valence electrons. The Hall–Kier alpha value is -2.02. The van der Waals surface area contributed by atoms with Crippen molar-refractivity contribution in [2.45, 2.75) is 37.1 Å². The summed E-state index contributed by atoms with van der Waals surface area (Å²) >= 11 is 4.29. The van der Waals surface area contributed by atoms with Gasteiger partial charge in [-0.3, -0.25) is 9.59 Å². The molecule has 2 amide bonds. The zero-order valence-electron chi connectivity index (χ0n) is 12.8. The molecule has 23 heavy (non-hydrogen) atoms. The summed E-state index contributed by atoms with van der Waals surface area (Å²) < 4.78 is 0. The van der Waals surface area contributed by atoms with Crippen LogP contribution in [0.4, 0.5) is 0 Å². The Morgan fingerprint density at radius 1 is 1.30 bits per heavy atom. The summed E-state index contributed by atoms with van der Waals surface area (Å²) in [4.78, 5) is 37.1. The maximum absolute atomic E-state index is 12.4. The van der Waals surface area contributed by atoms with Gasteiger partial charge in [0.05, 0.1) is 0 Å². The van der Waals surface area contributed by atoms with Crippen molar-refractivity contribution < 1.29 is 19.5 Å². The van der Waals surface area contributed by atoms with Crippen molar-refractivity contribution in [3.63, 3.8) is 0 Å². The minimum absolute atomic E-state index is 0.378. The van der Waals surface area contributed by atoms with Crippen LogP contribution < -0.4 is 5.32 Å². The number of nitrogens with one attached hydrogen (secondary N) is 1. The van der Waals surface area contributed by atoms with Gasteiger partial charge in [-0.05, 0) is 25.3 Å². The number of nitrogens with zero attached hydrogens (tertiary/aromatic N) is 1. The molecule has 1 aliphatic heterocycles. The van der Waals surface area contributed by atoms with Gasteiger partial charge in [0.15, 0.2) is 0 Å². The van der Waals surface area contributed by atoms with E-state index in [1.54, 1.807) is 19.1 Å². The lowest BCUT2D eigenvalue weighted by Crippen LogP contribution is -2.50. The van der Waals surface area contributed by atoms with Crippen LogP contribution >= 0.6 is 12.6 Å². The van der Waals surface area contributed by atoms with Crippen LogP contribution in [0.5, 0.6) is 0 Å². The summed E-state index contributed by atoms with van der Waals surface area (Å²) in [6, 6.07) is 7.43. The summed E-state index contributed by atoms with van der Waals surface area (Å²) in [5, 5.41) is 11.1. The SMILES string of the molecule is C[C@H](NC(=O)C(S)c1ccccc1)C(=O)N1CCC[C@H]1C(=O)O. The quantitative estimate of drug-likeness (QED) is 0.706. The van der Waals surface area contributed by atoms with Crippen LogP contribution in [0.2, 0.25) is 0 Å². The maximum Gasteiger partial charge on any atom is 0.326 e. The van der Waals surface area contributed by atoms with Crippen molar-refractivity contribution in [2.24, 2.45) is 0 Å². The van der Waals surface area contributed by atoms with Crippen LogP contribution in [-0.2, 0) is 14.4 Å². The van der Waals surface area contributed by atoms with E-state index < -0.39 is 23.3 Å². The van der Waals surface area contributed by atoms with E-state index in [1.807, 2.05) is 18.2 Å². The van der Waals surface area contributed by atoms with Crippen LogP contribution in [0, 0.1) is 0 Å². The minimum atomic E-state index is -1.01. The molecular formula is C16H20N2O4S. The molecule has 1 aromatic carbocycles. The molecule has 1 saturated heterocycles. The molecule has 3 atom stereocenters. The first-order chi connectivity index (χ1) is 10.9. The molecule has 2 rings (SSSR count). The van der Waals surface area contributed by atoms with Crippen molar-refractivity contribution in [1.29, 1.82) is 0 Å². The molecule has 0 aromatic heterocycles. The van der Waals surface area contributed by atoms with Gasteiger partial charge in [-0.25, -0.2) is 4.79 Å². The van der Waals surface area contributed by atoms with Crippen LogP contribution in [0.15, 0.2) is 30.3 Å². The second kappa shape index (κ2) is 7.50. The Balaban J connectivity index is 1.98. The summed E-state index contributed by atoms with van der Waals surface area (Å²) in [5.41, 5.74) is 0.734. The second-order valence-electron chi connectivity index (χ2n) is 5.57. The largest absolute Gasteiger partial charge is 0.480 e. The van der Waals surface area contributed by atoms with E-state index in [-0.39, 0.29) is 11.8 Å². The number of carboxylic acid groups (broad SMARTS) is 1. The van der Waals surface area contributed by atoms with Gasteiger partial charge in [0.2, 0.25) is 11.8 Å². The molecule has 6 nitrogen and oxygen atoms in total. The highest BCUT2D eigenvalue weighted by Gasteiger charge is 2.36. The third-order valence-electron chi connectivity index (χ3n) is 3.91. The standard InChI is InChI=1S/C16H20N2O4S/c1-10(15(20)18-9-5-8-12(18)16(21)22)17-14(19)13(23)11-6-3-2-4-7-11/h2-4,6-7,10,12-13,23H,5,8-9H2,1H3,(H,17,19)(H,21,22)/t10-,12-,13?/m0/s1. The van der Waals surface area contributed by atoms with Gasteiger partial charge in [0.25, 0.3) is 0 Å². The fraction of sp³-hybridized carbons (Fsp3) is 0.438. The average molecular weight is 336 g/mol. The van der Waals surface area contributed by atoms with Crippen molar-refractivity contribution in [2.75, 3.05) is 6.54 Å². The lowest BCUT2D eigenvalue weighted by molar-refractivity contribution is -0.149. The second-order valence-corrected chi connectivity index (χ2v) is 6.09. The Kier molecular flexibility index (Phi) is 5.65. The first-order valence-electron chi connectivity index (χ1n) is 7.48. The van der Waals surface area contributed by atoms with E-state index in [9.17, 15) is 14.4 Å². The number of carbonyl (C=O) groups excluding carboxylic acids is 2. The molecule has 1 fully saturated rings.